The van der Waals surface area contributed by atoms with Crippen molar-refractivity contribution < 1.29 is 18.8 Å². The molecule has 0 aliphatic carbocycles. The summed E-state index contributed by atoms with van der Waals surface area (Å²) in [5.41, 5.74) is 6.46. The Morgan fingerprint density at radius 1 is 1.13 bits per heavy atom. The summed E-state index contributed by atoms with van der Waals surface area (Å²) in [5.74, 6) is -2.27. The molecule has 1 fully saturated rings. The van der Waals surface area contributed by atoms with Gasteiger partial charge in [0, 0.05) is 44.1 Å². The van der Waals surface area contributed by atoms with Gasteiger partial charge in [0.25, 0.3) is 17.7 Å². The molecule has 10 nitrogen and oxygen atoms in total. The molecule has 3 amide bonds. The number of likely N-dealkylation sites (N-methyl/N-ethyl adjacent to an activating group) is 1. The topological polar surface area (TPSA) is 128 Å². The Morgan fingerprint density at radius 2 is 1.84 bits per heavy atom. The molecular weight excluding hydrogens is 513 g/mol. The molecule has 0 radical (unpaired) electrons. The third kappa shape index (κ3) is 6.55. The Hall–Kier alpha value is -3.80. The highest BCUT2D eigenvalue weighted by atomic mass is 35.5. The van der Waals surface area contributed by atoms with Crippen LogP contribution in [0.25, 0.3) is 0 Å². The Labute approximate surface area is 224 Å². The summed E-state index contributed by atoms with van der Waals surface area (Å²) in [6, 6.07) is 10.2. The van der Waals surface area contributed by atoms with Crippen LogP contribution in [0.3, 0.4) is 0 Å². The molecule has 4 rings (SSSR count). The molecule has 0 atom stereocenters. The molecule has 1 saturated heterocycles. The van der Waals surface area contributed by atoms with Crippen LogP contribution < -0.4 is 16.0 Å². The second-order valence-corrected chi connectivity index (χ2v) is 9.48. The smallest absolute Gasteiger partial charge is 0.279 e. The van der Waals surface area contributed by atoms with Gasteiger partial charge in [0.15, 0.2) is 5.69 Å². The fourth-order valence-electron chi connectivity index (χ4n) is 4.24. The summed E-state index contributed by atoms with van der Waals surface area (Å²) in [4.78, 5) is 50.7. The van der Waals surface area contributed by atoms with E-state index >= 15 is 0 Å². The van der Waals surface area contributed by atoms with E-state index in [0.717, 1.165) is 44.9 Å². The average Bonchev–Trinajstić information content (AvgIpc) is 3.39. The van der Waals surface area contributed by atoms with Crippen LogP contribution in [0.5, 0.6) is 0 Å². The van der Waals surface area contributed by atoms with Crippen molar-refractivity contribution in [1.29, 1.82) is 0 Å². The van der Waals surface area contributed by atoms with Crippen LogP contribution in [0.4, 0.5) is 15.8 Å². The van der Waals surface area contributed by atoms with E-state index in [9.17, 15) is 18.8 Å². The highest BCUT2D eigenvalue weighted by Crippen LogP contribution is 2.23. The van der Waals surface area contributed by atoms with Crippen molar-refractivity contribution in [2.45, 2.75) is 6.42 Å². The van der Waals surface area contributed by atoms with Crippen molar-refractivity contribution >= 4 is 40.7 Å². The minimum absolute atomic E-state index is 0.000463. The van der Waals surface area contributed by atoms with Gasteiger partial charge in [-0.25, -0.2) is 9.37 Å². The lowest BCUT2D eigenvalue weighted by molar-refractivity contribution is 0.0953. The predicted molar refractivity (Wildman–Crippen MR) is 143 cm³/mol. The summed E-state index contributed by atoms with van der Waals surface area (Å²) >= 11 is 6.00. The van der Waals surface area contributed by atoms with Gasteiger partial charge in [-0.1, -0.05) is 11.6 Å². The molecule has 0 saturated carbocycles. The summed E-state index contributed by atoms with van der Waals surface area (Å²) < 4.78 is 13.3. The molecule has 4 N–H and O–H groups in total. The van der Waals surface area contributed by atoms with E-state index in [-0.39, 0.29) is 22.0 Å². The maximum atomic E-state index is 13.5. The number of aromatic amines is 1. The number of aromatic nitrogens is 2. The Balaban J connectivity index is 1.50. The number of piperazine rings is 1. The first kappa shape index (κ1) is 27.2. The maximum Gasteiger partial charge on any atom is 0.279 e. The van der Waals surface area contributed by atoms with E-state index in [1.165, 1.54) is 12.4 Å². The van der Waals surface area contributed by atoms with Crippen LogP contribution in [0.2, 0.25) is 5.02 Å². The van der Waals surface area contributed by atoms with E-state index < -0.39 is 23.5 Å². The van der Waals surface area contributed by atoms with Crippen molar-refractivity contribution in [1.82, 2.24) is 19.8 Å². The van der Waals surface area contributed by atoms with Gasteiger partial charge in [-0.3, -0.25) is 14.4 Å². The number of benzene rings is 2. The lowest BCUT2D eigenvalue weighted by Gasteiger charge is -2.33. The first-order valence-corrected chi connectivity index (χ1v) is 12.5. The maximum absolute atomic E-state index is 13.5. The van der Waals surface area contributed by atoms with Gasteiger partial charge < -0.3 is 30.7 Å². The summed E-state index contributed by atoms with van der Waals surface area (Å²) in [7, 11) is 2.10. The fourth-order valence-corrected chi connectivity index (χ4v) is 4.49. The summed E-state index contributed by atoms with van der Waals surface area (Å²) in [6.45, 7) is 5.10. The molecular formula is C26H29ClFN7O3. The van der Waals surface area contributed by atoms with Crippen molar-refractivity contribution in [3.8, 4) is 0 Å². The molecule has 0 bridgehead atoms. The third-order valence-electron chi connectivity index (χ3n) is 6.40. The predicted octanol–water partition coefficient (Wildman–Crippen LogP) is 2.84. The zero-order chi connectivity index (χ0) is 27.2. The molecule has 0 unspecified atom stereocenters. The van der Waals surface area contributed by atoms with E-state index in [2.05, 4.69) is 32.1 Å². The summed E-state index contributed by atoms with van der Waals surface area (Å²) in [6.07, 6.45) is 1.96. The largest absolute Gasteiger partial charge is 0.364 e. The minimum atomic E-state index is -0.777. The van der Waals surface area contributed by atoms with Gasteiger partial charge in [-0.05, 0) is 62.5 Å². The van der Waals surface area contributed by atoms with Crippen molar-refractivity contribution in [3.63, 3.8) is 0 Å². The van der Waals surface area contributed by atoms with Crippen molar-refractivity contribution in [2.24, 2.45) is 5.73 Å². The quantitative estimate of drug-likeness (QED) is 0.382. The molecule has 0 spiro atoms. The van der Waals surface area contributed by atoms with Crippen LogP contribution >= 0.6 is 11.6 Å². The standard InChI is InChI=1S/C26H29ClFN7O3/c1-33-11-13-34(14-12-33)9-2-10-35(26(38)23-22(24(29)36)30-16-31-23)19-6-4-18(5-7-19)32-25(37)20-8-3-17(28)15-21(20)27/h3-8,15-16H,2,9-14H2,1H3,(H2,29,36)(H,30,31)(H,32,37). The SMILES string of the molecule is CN1CCN(CCCN(C(=O)c2nc[nH]c2C(N)=O)c2ccc(NC(=O)c3ccc(F)cc3Cl)cc2)CC1. The molecule has 12 heteroatoms. The highest BCUT2D eigenvalue weighted by molar-refractivity contribution is 6.34. The van der Waals surface area contributed by atoms with E-state index in [1.54, 1.807) is 29.2 Å². The highest BCUT2D eigenvalue weighted by Gasteiger charge is 2.25. The van der Waals surface area contributed by atoms with E-state index in [4.69, 9.17) is 17.3 Å². The van der Waals surface area contributed by atoms with E-state index in [1.807, 2.05) is 0 Å². The Kier molecular flexibility index (Phi) is 8.72. The number of anilines is 2. The number of amides is 3. The number of nitrogens with two attached hydrogens (primary N) is 1. The van der Waals surface area contributed by atoms with Crippen LogP contribution in [0, 0.1) is 5.82 Å². The zero-order valence-electron chi connectivity index (χ0n) is 20.9. The third-order valence-corrected chi connectivity index (χ3v) is 6.71. The molecule has 3 aromatic rings. The number of hydrogen-bond donors (Lipinski definition) is 3. The van der Waals surface area contributed by atoms with Gasteiger partial charge >= 0.3 is 0 Å². The number of primary amides is 1. The number of halogens is 2. The number of carbonyl (C=O) groups is 3. The molecule has 1 aromatic heterocycles. The number of carbonyl (C=O) groups excluding carboxylic acids is 3. The van der Waals surface area contributed by atoms with Crippen molar-refractivity contribution in [2.75, 3.05) is 56.5 Å². The number of nitrogens with one attached hydrogen (secondary N) is 2. The first-order chi connectivity index (χ1) is 18.2. The molecule has 2 aromatic carbocycles. The molecule has 1 aliphatic heterocycles. The second kappa shape index (κ2) is 12.2. The molecule has 2 heterocycles. The average molecular weight is 542 g/mol. The van der Waals surface area contributed by atoms with Gasteiger partial charge in [-0.2, -0.15) is 0 Å². The van der Waals surface area contributed by atoms with Gasteiger partial charge in [-0.15, -0.1) is 0 Å². The van der Waals surface area contributed by atoms with Crippen LogP contribution in [0.15, 0.2) is 48.8 Å². The van der Waals surface area contributed by atoms with E-state index in [0.29, 0.717) is 24.3 Å². The van der Waals surface area contributed by atoms with Gasteiger partial charge in [0.2, 0.25) is 0 Å². The number of H-pyrrole nitrogens is 1. The fraction of sp³-hybridized carbons (Fsp3) is 0.308. The number of nitrogens with zero attached hydrogens (tertiary/aromatic N) is 4. The minimum Gasteiger partial charge on any atom is -0.364 e. The lowest BCUT2D eigenvalue weighted by Crippen LogP contribution is -2.45. The number of rotatable bonds is 9. The first-order valence-electron chi connectivity index (χ1n) is 12.2. The van der Waals surface area contributed by atoms with Gasteiger partial charge in [0.05, 0.1) is 16.9 Å². The molecule has 200 valence electrons. The van der Waals surface area contributed by atoms with Gasteiger partial charge in [0.1, 0.15) is 11.5 Å². The zero-order valence-corrected chi connectivity index (χ0v) is 21.7. The van der Waals surface area contributed by atoms with Crippen LogP contribution in [-0.2, 0) is 0 Å². The Morgan fingerprint density at radius 3 is 2.50 bits per heavy atom. The number of hydrogen-bond acceptors (Lipinski definition) is 6. The van der Waals surface area contributed by atoms with Crippen LogP contribution in [-0.4, -0.2) is 83.8 Å². The van der Waals surface area contributed by atoms with Crippen molar-refractivity contribution in [3.05, 3.63) is 76.6 Å². The lowest BCUT2D eigenvalue weighted by atomic mass is 10.2. The molecule has 1 aliphatic rings. The second-order valence-electron chi connectivity index (χ2n) is 9.07. The van der Waals surface area contributed by atoms with Crippen LogP contribution in [0.1, 0.15) is 37.8 Å². The monoisotopic (exact) mass is 541 g/mol. The normalized spacial score (nSPS) is 14.3. The Bertz CT molecular complexity index is 1310. The summed E-state index contributed by atoms with van der Waals surface area (Å²) in [5, 5.41) is 2.72. The molecule has 38 heavy (non-hydrogen) atoms. The number of imidazole rings is 1.